The predicted molar refractivity (Wildman–Crippen MR) is 98.0 cm³/mol. The lowest BCUT2D eigenvalue weighted by Crippen LogP contribution is -2.32. The van der Waals surface area contributed by atoms with Crippen molar-refractivity contribution in [1.82, 2.24) is 4.90 Å². The van der Waals surface area contributed by atoms with Crippen LogP contribution < -0.4 is 5.73 Å². The summed E-state index contributed by atoms with van der Waals surface area (Å²) in [5.74, 6) is 0.827. The number of nitrogens with two attached hydrogens (primary N) is 1. The lowest BCUT2D eigenvalue weighted by Gasteiger charge is -2.28. The fraction of sp³-hybridized carbons (Fsp3) is 0.650. The van der Waals surface area contributed by atoms with Crippen LogP contribution in [0.3, 0.4) is 0 Å². The van der Waals surface area contributed by atoms with E-state index >= 15 is 0 Å². The predicted octanol–water partition coefficient (Wildman–Crippen LogP) is 2.96. The number of carbonyl (C=O) groups excluding carboxylic acids is 1. The van der Waals surface area contributed by atoms with E-state index in [-0.39, 0.29) is 5.97 Å². The first-order chi connectivity index (χ1) is 11.6. The Morgan fingerprint density at radius 2 is 2.04 bits per heavy atom. The molecule has 1 fully saturated rings. The fourth-order valence-corrected chi connectivity index (χ4v) is 3.40. The minimum Gasteiger partial charge on any atom is -0.465 e. The zero-order valence-corrected chi connectivity index (χ0v) is 15.2. The van der Waals surface area contributed by atoms with E-state index in [4.69, 9.17) is 10.5 Å². The molecule has 1 heterocycles. The van der Waals surface area contributed by atoms with Crippen LogP contribution in [0.25, 0.3) is 0 Å². The van der Waals surface area contributed by atoms with E-state index in [9.17, 15) is 4.79 Å². The van der Waals surface area contributed by atoms with Crippen LogP contribution in [0, 0.1) is 5.92 Å². The Hall–Kier alpha value is -1.39. The number of nitrogens with zero attached hydrogens (tertiary/aromatic N) is 1. The molecule has 0 aliphatic carbocycles. The van der Waals surface area contributed by atoms with Gasteiger partial charge >= 0.3 is 5.97 Å². The lowest BCUT2D eigenvalue weighted by molar-refractivity contribution is -0.145. The second kappa shape index (κ2) is 9.80. The molecule has 1 aromatic carbocycles. The van der Waals surface area contributed by atoms with E-state index in [1.165, 1.54) is 11.1 Å². The summed E-state index contributed by atoms with van der Waals surface area (Å²) in [5, 5.41) is 0. The first-order valence-corrected chi connectivity index (χ1v) is 9.22. The molecule has 1 aliphatic rings. The Kier molecular flexibility index (Phi) is 7.73. The molecule has 1 aliphatic heterocycles. The van der Waals surface area contributed by atoms with Gasteiger partial charge in [-0.1, -0.05) is 31.2 Å². The van der Waals surface area contributed by atoms with Gasteiger partial charge in [0.1, 0.15) is 0 Å². The van der Waals surface area contributed by atoms with Gasteiger partial charge in [0.15, 0.2) is 0 Å². The number of ether oxygens (including phenoxy) is 1. The minimum absolute atomic E-state index is 0.0583. The van der Waals surface area contributed by atoms with Gasteiger partial charge in [0, 0.05) is 6.42 Å². The lowest BCUT2D eigenvalue weighted by atomic mass is 9.91. The molecule has 2 rings (SSSR count). The normalized spacial score (nSPS) is 17.6. The van der Waals surface area contributed by atoms with Crippen molar-refractivity contribution in [2.24, 2.45) is 11.7 Å². The molecule has 0 spiro atoms. The second-order valence-electron chi connectivity index (χ2n) is 7.11. The van der Waals surface area contributed by atoms with Crippen LogP contribution >= 0.6 is 0 Å². The summed E-state index contributed by atoms with van der Waals surface area (Å²) >= 11 is 0. The molecule has 1 saturated heterocycles. The van der Waals surface area contributed by atoms with Crippen LogP contribution in [-0.4, -0.2) is 44.2 Å². The largest absolute Gasteiger partial charge is 0.465 e. The molecule has 0 saturated carbocycles. The molecule has 24 heavy (non-hydrogen) atoms. The van der Waals surface area contributed by atoms with Gasteiger partial charge in [0.2, 0.25) is 0 Å². The van der Waals surface area contributed by atoms with E-state index < -0.39 is 0 Å². The van der Waals surface area contributed by atoms with Gasteiger partial charge in [0.05, 0.1) is 6.61 Å². The molecule has 134 valence electrons. The number of rotatable bonds is 8. The highest BCUT2D eigenvalue weighted by Crippen LogP contribution is 2.25. The summed E-state index contributed by atoms with van der Waals surface area (Å²) in [7, 11) is 2.14. The first kappa shape index (κ1) is 18.9. The van der Waals surface area contributed by atoms with Crippen molar-refractivity contribution in [1.29, 1.82) is 0 Å². The quantitative estimate of drug-likeness (QED) is 0.744. The SMILES string of the molecule is CC(CCC(=O)OCC1CCN(C)CC1)c1ccccc1CCN. The summed E-state index contributed by atoms with van der Waals surface area (Å²) in [4.78, 5) is 14.4. The number of hydrogen-bond donors (Lipinski definition) is 1. The Morgan fingerprint density at radius 1 is 1.33 bits per heavy atom. The molecule has 4 nitrogen and oxygen atoms in total. The maximum Gasteiger partial charge on any atom is 0.305 e. The van der Waals surface area contributed by atoms with Gasteiger partial charge in [-0.15, -0.1) is 0 Å². The van der Waals surface area contributed by atoms with Crippen LogP contribution in [0.2, 0.25) is 0 Å². The number of esters is 1. The molecule has 0 bridgehead atoms. The number of likely N-dealkylation sites (tertiary alicyclic amines) is 1. The third-order valence-electron chi connectivity index (χ3n) is 5.10. The summed E-state index contributed by atoms with van der Waals surface area (Å²) in [6, 6.07) is 8.40. The highest BCUT2D eigenvalue weighted by molar-refractivity contribution is 5.69. The highest BCUT2D eigenvalue weighted by Gasteiger charge is 2.19. The van der Waals surface area contributed by atoms with Gasteiger partial charge in [-0.2, -0.15) is 0 Å². The van der Waals surface area contributed by atoms with Gasteiger partial charge in [-0.05, 0) is 75.3 Å². The molecular weight excluding hydrogens is 300 g/mol. The maximum atomic E-state index is 12.0. The zero-order valence-electron chi connectivity index (χ0n) is 15.2. The molecule has 1 unspecified atom stereocenters. The van der Waals surface area contributed by atoms with E-state index in [0.717, 1.165) is 38.8 Å². The van der Waals surface area contributed by atoms with Crippen LogP contribution in [-0.2, 0) is 16.0 Å². The minimum atomic E-state index is -0.0583. The van der Waals surface area contributed by atoms with Gasteiger partial charge in [-0.3, -0.25) is 4.79 Å². The van der Waals surface area contributed by atoms with Crippen molar-refractivity contribution in [2.45, 2.75) is 44.9 Å². The molecular formula is C20H32N2O2. The van der Waals surface area contributed by atoms with Crippen LogP contribution in [0.15, 0.2) is 24.3 Å². The number of piperidine rings is 1. The van der Waals surface area contributed by atoms with Crippen LogP contribution in [0.1, 0.15) is 49.7 Å². The Labute approximate surface area is 146 Å². The first-order valence-electron chi connectivity index (χ1n) is 9.22. The standard InChI is InChI=1S/C20H32N2O2/c1-16(19-6-4-3-5-18(19)9-12-21)7-8-20(23)24-15-17-10-13-22(2)14-11-17/h3-6,16-17H,7-15,21H2,1-2H3. The van der Waals surface area contributed by atoms with Crippen LogP contribution in [0.5, 0.6) is 0 Å². The van der Waals surface area contributed by atoms with E-state index in [1.807, 2.05) is 0 Å². The van der Waals surface area contributed by atoms with Crippen molar-refractivity contribution in [3.63, 3.8) is 0 Å². The Balaban J connectivity index is 1.73. The Bertz CT molecular complexity index is 510. The third kappa shape index (κ3) is 5.91. The number of benzene rings is 1. The molecule has 0 radical (unpaired) electrons. The van der Waals surface area contributed by atoms with Crippen molar-refractivity contribution in [3.8, 4) is 0 Å². The molecule has 1 aromatic rings. The topological polar surface area (TPSA) is 55.6 Å². The molecule has 0 aromatic heterocycles. The number of carbonyl (C=O) groups is 1. The molecule has 0 amide bonds. The average Bonchev–Trinajstić information content (AvgIpc) is 2.60. The van der Waals surface area contributed by atoms with Gasteiger partial charge in [0.25, 0.3) is 0 Å². The smallest absolute Gasteiger partial charge is 0.305 e. The van der Waals surface area contributed by atoms with E-state index in [2.05, 4.69) is 43.1 Å². The monoisotopic (exact) mass is 332 g/mol. The highest BCUT2D eigenvalue weighted by atomic mass is 16.5. The van der Waals surface area contributed by atoms with Crippen molar-refractivity contribution >= 4 is 5.97 Å². The average molecular weight is 332 g/mol. The second-order valence-corrected chi connectivity index (χ2v) is 7.11. The van der Waals surface area contributed by atoms with Gasteiger partial charge < -0.3 is 15.4 Å². The van der Waals surface area contributed by atoms with E-state index in [0.29, 0.717) is 31.4 Å². The summed E-state index contributed by atoms with van der Waals surface area (Å²) in [5.41, 5.74) is 8.30. The summed E-state index contributed by atoms with van der Waals surface area (Å²) in [6.45, 7) is 5.64. The van der Waals surface area contributed by atoms with Crippen molar-refractivity contribution < 1.29 is 9.53 Å². The fourth-order valence-electron chi connectivity index (χ4n) is 3.40. The zero-order chi connectivity index (χ0) is 17.4. The Morgan fingerprint density at radius 3 is 2.75 bits per heavy atom. The molecule has 4 heteroatoms. The number of hydrogen-bond acceptors (Lipinski definition) is 4. The van der Waals surface area contributed by atoms with Crippen LogP contribution in [0.4, 0.5) is 0 Å². The summed E-state index contributed by atoms with van der Waals surface area (Å²) < 4.78 is 5.50. The summed E-state index contributed by atoms with van der Waals surface area (Å²) in [6.07, 6.45) is 4.47. The van der Waals surface area contributed by atoms with Gasteiger partial charge in [-0.25, -0.2) is 0 Å². The third-order valence-corrected chi connectivity index (χ3v) is 5.10. The molecule has 1 atom stereocenters. The van der Waals surface area contributed by atoms with E-state index in [1.54, 1.807) is 0 Å². The maximum absolute atomic E-state index is 12.0. The molecule has 2 N–H and O–H groups in total. The van der Waals surface area contributed by atoms with Crippen molar-refractivity contribution in [2.75, 3.05) is 33.3 Å². The van der Waals surface area contributed by atoms with Crippen molar-refractivity contribution in [3.05, 3.63) is 35.4 Å².